The Balaban J connectivity index is 2.33. The Morgan fingerprint density at radius 1 is 1.46 bits per heavy atom. The van der Waals surface area contributed by atoms with Crippen LogP contribution in [0.15, 0.2) is 0 Å². The number of alkyl halides is 1. The van der Waals surface area contributed by atoms with Crippen LogP contribution >= 0.6 is 0 Å². The summed E-state index contributed by atoms with van der Waals surface area (Å²) in [7, 11) is 2.13. The maximum absolute atomic E-state index is 13.1. The van der Waals surface area contributed by atoms with E-state index in [1.807, 2.05) is 6.92 Å². The molecule has 0 aliphatic carbocycles. The molecule has 0 N–H and O–H groups in total. The van der Waals surface area contributed by atoms with Crippen molar-refractivity contribution in [3.05, 3.63) is 0 Å². The highest BCUT2D eigenvalue weighted by atomic mass is 19.1. The molecule has 1 saturated heterocycles. The molecule has 0 spiro atoms. The number of likely N-dealkylation sites (N-methyl/N-ethyl adjacent to an activating group) is 1. The van der Waals surface area contributed by atoms with Gasteiger partial charge in [0.2, 0.25) is 0 Å². The molecule has 0 aromatic carbocycles. The van der Waals surface area contributed by atoms with Crippen molar-refractivity contribution in [1.29, 1.82) is 0 Å². The molecular weight excluding hydrogens is 167 g/mol. The lowest BCUT2D eigenvalue weighted by atomic mass is 10.1. The van der Waals surface area contributed by atoms with Crippen LogP contribution in [-0.4, -0.2) is 55.2 Å². The van der Waals surface area contributed by atoms with E-state index in [4.69, 9.17) is 0 Å². The second-order valence-corrected chi connectivity index (χ2v) is 4.11. The largest absolute Gasteiger partial charge is 0.304 e. The average molecular weight is 188 g/mol. The molecule has 2 nitrogen and oxygen atoms in total. The highest BCUT2D eigenvalue weighted by molar-refractivity contribution is 4.78. The molecule has 0 saturated carbocycles. The first-order valence-electron chi connectivity index (χ1n) is 5.20. The van der Waals surface area contributed by atoms with Crippen molar-refractivity contribution in [3.8, 4) is 0 Å². The van der Waals surface area contributed by atoms with Crippen molar-refractivity contribution in [2.24, 2.45) is 0 Å². The maximum Gasteiger partial charge on any atom is 0.112 e. The molecule has 0 aromatic heterocycles. The van der Waals surface area contributed by atoms with Gasteiger partial charge in [0.25, 0.3) is 0 Å². The van der Waals surface area contributed by atoms with Crippen molar-refractivity contribution in [2.45, 2.75) is 32.5 Å². The van der Waals surface area contributed by atoms with Crippen LogP contribution in [0.25, 0.3) is 0 Å². The summed E-state index contributed by atoms with van der Waals surface area (Å²) in [5.41, 5.74) is 0. The zero-order valence-corrected chi connectivity index (χ0v) is 8.96. The Morgan fingerprint density at radius 2 is 2.15 bits per heavy atom. The zero-order chi connectivity index (χ0) is 9.84. The van der Waals surface area contributed by atoms with E-state index in [2.05, 4.69) is 23.8 Å². The minimum atomic E-state index is -0.647. The van der Waals surface area contributed by atoms with E-state index in [-0.39, 0.29) is 0 Å². The van der Waals surface area contributed by atoms with E-state index in [0.717, 1.165) is 19.6 Å². The minimum Gasteiger partial charge on any atom is -0.304 e. The minimum absolute atomic E-state index is 0.503. The Bertz CT molecular complexity index is 152. The third-order valence-electron chi connectivity index (χ3n) is 2.84. The van der Waals surface area contributed by atoms with Crippen LogP contribution in [0.2, 0.25) is 0 Å². The first-order chi connectivity index (χ1) is 6.13. The molecule has 0 radical (unpaired) electrons. The summed E-state index contributed by atoms with van der Waals surface area (Å²) in [6, 6.07) is 0.503. The van der Waals surface area contributed by atoms with Gasteiger partial charge < -0.3 is 4.90 Å². The number of hydrogen-bond donors (Lipinski definition) is 0. The second-order valence-electron chi connectivity index (χ2n) is 4.11. The van der Waals surface area contributed by atoms with Gasteiger partial charge in [-0.3, -0.25) is 4.90 Å². The smallest absolute Gasteiger partial charge is 0.112 e. The van der Waals surface area contributed by atoms with Gasteiger partial charge in [0.05, 0.1) is 0 Å². The fourth-order valence-electron chi connectivity index (χ4n) is 1.83. The van der Waals surface area contributed by atoms with E-state index in [0.29, 0.717) is 19.0 Å². The average Bonchev–Trinajstić information content (AvgIpc) is 2.09. The molecule has 0 amide bonds. The molecule has 2 unspecified atom stereocenters. The summed E-state index contributed by atoms with van der Waals surface area (Å²) < 4.78 is 13.1. The van der Waals surface area contributed by atoms with Gasteiger partial charge in [0.15, 0.2) is 0 Å². The number of halogens is 1. The first-order valence-corrected chi connectivity index (χ1v) is 5.20. The summed E-state index contributed by atoms with van der Waals surface area (Å²) in [4.78, 5) is 4.56. The van der Waals surface area contributed by atoms with Crippen LogP contribution < -0.4 is 0 Å². The van der Waals surface area contributed by atoms with Gasteiger partial charge in [-0.05, 0) is 20.4 Å². The van der Waals surface area contributed by atoms with E-state index < -0.39 is 6.17 Å². The number of nitrogens with zero attached hydrogens (tertiary/aromatic N) is 2. The van der Waals surface area contributed by atoms with Crippen LogP contribution in [0.5, 0.6) is 0 Å². The topological polar surface area (TPSA) is 6.48 Å². The SMILES string of the molecule is CCC(F)CN1CCN(C)CC1C. The summed E-state index contributed by atoms with van der Waals surface area (Å²) in [6.07, 6.45) is -0.00940. The molecule has 1 rings (SSSR count). The fraction of sp³-hybridized carbons (Fsp3) is 1.00. The molecule has 3 heteroatoms. The molecule has 1 fully saturated rings. The first kappa shape index (κ1) is 10.9. The Hall–Kier alpha value is -0.150. The third-order valence-corrected chi connectivity index (χ3v) is 2.84. The van der Waals surface area contributed by atoms with E-state index >= 15 is 0 Å². The zero-order valence-electron chi connectivity index (χ0n) is 8.96. The molecule has 0 aromatic rings. The van der Waals surface area contributed by atoms with Gasteiger partial charge in [-0.1, -0.05) is 6.92 Å². The van der Waals surface area contributed by atoms with Gasteiger partial charge in [-0.15, -0.1) is 0 Å². The molecule has 0 bridgehead atoms. The van der Waals surface area contributed by atoms with Crippen LogP contribution in [0.4, 0.5) is 4.39 Å². The van der Waals surface area contributed by atoms with Crippen molar-refractivity contribution in [3.63, 3.8) is 0 Å². The van der Waals surface area contributed by atoms with Crippen molar-refractivity contribution < 1.29 is 4.39 Å². The maximum atomic E-state index is 13.1. The highest BCUT2D eigenvalue weighted by Gasteiger charge is 2.23. The van der Waals surface area contributed by atoms with Gasteiger partial charge in [-0.25, -0.2) is 4.39 Å². The molecule has 1 heterocycles. The van der Waals surface area contributed by atoms with Crippen molar-refractivity contribution >= 4 is 0 Å². The summed E-state index contributed by atoms with van der Waals surface area (Å²) in [5, 5.41) is 0. The number of rotatable bonds is 3. The molecular formula is C10H21FN2. The summed E-state index contributed by atoms with van der Waals surface area (Å²) in [5.74, 6) is 0. The number of hydrogen-bond acceptors (Lipinski definition) is 2. The van der Waals surface area contributed by atoms with E-state index in [1.165, 1.54) is 0 Å². The van der Waals surface area contributed by atoms with Crippen LogP contribution in [-0.2, 0) is 0 Å². The van der Waals surface area contributed by atoms with E-state index in [1.54, 1.807) is 0 Å². The quantitative estimate of drug-likeness (QED) is 0.660. The van der Waals surface area contributed by atoms with Crippen molar-refractivity contribution in [2.75, 3.05) is 33.2 Å². The van der Waals surface area contributed by atoms with Gasteiger partial charge in [0.1, 0.15) is 6.17 Å². The molecule has 78 valence electrons. The Morgan fingerprint density at radius 3 is 2.69 bits per heavy atom. The second kappa shape index (κ2) is 4.91. The predicted octanol–water partition coefficient (Wildman–Crippen LogP) is 1.37. The lowest BCUT2D eigenvalue weighted by Gasteiger charge is -2.38. The summed E-state index contributed by atoms with van der Waals surface area (Å²) in [6.45, 7) is 7.85. The molecule has 1 aliphatic rings. The lowest BCUT2D eigenvalue weighted by Crippen LogP contribution is -2.51. The molecule has 13 heavy (non-hydrogen) atoms. The van der Waals surface area contributed by atoms with Crippen LogP contribution in [0.1, 0.15) is 20.3 Å². The lowest BCUT2D eigenvalue weighted by molar-refractivity contribution is 0.0747. The molecule has 2 atom stereocenters. The Labute approximate surface area is 80.7 Å². The van der Waals surface area contributed by atoms with Gasteiger partial charge in [0, 0.05) is 32.2 Å². The number of piperazine rings is 1. The van der Waals surface area contributed by atoms with Gasteiger partial charge in [-0.2, -0.15) is 0 Å². The van der Waals surface area contributed by atoms with Crippen LogP contribution in [0.3, 0.4) is 0 Å². The monoisotopic (exact) mass is 188 g/mol. The predicted molar refractivity (Wildman–Crippen MR) is 53.7 cm³/mol. The van der Waals surface area contributed by atoms with Crippen LogP contribution in [0, 0.1) is 0 Å². The normalized spacial score (nSPS) is 29.1. The van der Waals surface area contributed by atoms with Gasteiger partial charge >= 0.3 is 0 Å². The van der Waals surface area contributed by atoms with Crippen molar-refractivity contribution in [1.82, 2.24) is 9.80 Å². The molecule has 1 aliphatic heterocycles. The summed E-state index contributed by atoms with van der Waals surface area (Å²) >= 11 is 0. The standard InChI is InChI=1S/C10H21FN2/c1-4-10(11)8-13-6-5-12(3)7-9(13)2/h9-10H,4-8H2,1-3H3. The van der Waals surface area contributed by atoms with E-state index in [9.17, 15) is 4.39 Å². The highest BCUT2D eigenvalue weighted by Crippen LogP contribution is 2.10. The Kier molecular flexibility index (Phi) is 4.13. The third kappa shape index (κ3) is 3.24. The fourth-order valence-corrected chi connectivity index (χ4v) is 1.83.